The van der Waals surface area contributed by atoms with E-state index in [2.05, 4.69) is 10.2 Å². The van der Waals surface area contributed by atoms with Crippen LogP contribution in [-0.4, -0.2) is 55.9 Å². The summed E-state index contributed by atoms with van der Waals surface area (Å²) < 4.78 is 18.6. The molecule has 250 valence electrons. The Morgan fingerprint density at radius 3 is 1.56 bits per heavy atom. The van der Waals surface area contributed by atoms with E-state index in [1.165, 1.54) is 28.6 Å². The van der Waals surface area contributed by atoms with E-state index in [-0.39, 0.29) is 51.5 Å². The highest BCUT2D eigenvalue weighted by molar-refractivity contribution is 5.90. The van der Waals surface area contributed by atoms with Crippen molar-refractivity contribution in [3.63, 3.8) is 0 Å². The zero-order chi connectivity index (χ0) is 34.9. The first kappa shape index (κ1) is 33.6. The summed E-state index contributed by atoms with van der Waals surface area (Å²) in [4.78, 5) is 54.0. The fourth-order valence-corrected chi connectivity index (χ4v) is 5.66. The second kappa shape index (κ2) is 13.5. The molecule has 0 radical (unpaired) electrons. The Morgan fingerprint density at radius 1 is 0.708 bits per heavy atom. The van der Waals surface area contributed by atoms with Crippen LogP contribution in [-0.2, 0) is 9.47 Å². The van der Waals surface area contributed by atoms with Crippen molar-refractivity contribution >= 4 is 11.9 Å². The molecule has 3 N–H and O–H groups in total. The van der Waals surface area contributed by atoms with Gasteiger partial charge in [-0.3, -0.25) is 19.8 Å². The summed E-state index contributed by atoms with van der Waals surface area (Å²) >= 11 is 0. The number of aromatic amines is 2. The molecule has 0 amide bonds. The van der Waals surface area contributed by atoms with E-state index in [0.717, 1.165) is 0 Å². The van der Waals surface area contributed by atoms with Crippen molar-refractivity contribution in [2.45, 2.75) is 59.7 Å². The Bertz CT molecular complexity index is 1990. The normalized spacial score (nSPS) is 11.4. The Balaban J connectivity index is 1.71. The first-order valence-corrected chi connectivity index (χ1v) is 15.4. The topological polar surface area (TPSA) is 158 Å². The minimum absolute atomic E-state index is 0.160. The maximum absolute atomic E-state index is 14.3. The maximum Gasteiger partial charge on any atom is 0.338 e. The molecule has 3 aromatic carbocycles. The van der Waals surface area contributed by atoms with E-state index in [9.17, 15) is 24.3 Å². The second-order valence-electron chi connectivity index (χ2n) is 11.9. The molecule has 12 nitrogen and oxygen atoms in total. The summed E-state index contributed by atoms with van der Waals surface area (Å²) in [5, 5.41) is 17.5. The number of phenolic OH excluding ortho intramolecular Hbond substituents is 1. The predicted octanol–water partition coefficient (Wildman–Crippen LogP) is 5.29. The van der Waals surface area contributed by atoms with Crippen molar-refractivity contribution in [2.75, 3.05) is 7.11 Å². The Hall–Kier alpha value is -5.78. The van der Waals surface area contributed by atoms with Gasteiger partial charge in [0, 0.05) is 17.0 Å². The number of nitrogens with one attached hydrogen (secondary N) is 2. The minimum Gasteiger partial charge on any atom is -0.504 e. The molecule has 0 aliphatic carbocycles. The molecular formula is C36H38N4O8. The van der Waals surface area contributed by atoms with Crippen LogP contribution in [0.15, 0.2) is 76.3 Å². The third-order valence-electron chi connectivity index (χ3n) is 7.74. The van der Waals surface area contributed by atoms with Crippen LogP contribution in [0, 0.1) is 13.8 Å². The van der Waals surface area contributed by atoms with E-state index in [1.54, 1.807) is 96.1 Å². The van der Waals surface area contributed by atoms with Gasteiger partial charge in [-0.15, -0.1) is 0 Å². The molecule has 0 fully saturated rings. The lowest BCUT2D eigenvalue weighted by Gasteiger charge is -2.18. The van der Waals surface area contributed by atoms with Crippen molar-refractivity contribution in [3.05, 3.63) is 127 Å². The number of hydrogen-bond donors (Lipinski definition) is 3. The Morgan fingerprint density at radius 2 is 1.15 bits per heavy atom. The fourth-order valence-electron chi connectivity index (χ4n) is 5.66. The molecule has 0 spiro atoms. The van der Waals surface area contributed by atoms with E-state index in [1.807, 2.05) is 0 Å². The van der Waals surface area contributed by atoms with Crippen molar-refractivity contribution in [1.29, 1.82) is 0 Å². The molecule has 0 aliphatic rings. The number of esters is 2. The Labute approximate surface area is 276 Å². The number of nitrogens with zero attached hydrogens (tertiary/aromatic N) is 2. The van der Waals surface area contributed by atoms with Gasteiger partial charge in [0.15, 0.2) is 11.5 Å². The van der Waals surface area contributed by atoms with Crippen molar-refractivity contribution in [3.8, 4) is 22.9 Å². The van der Waals surface area contributed by atoms with Crippen LogP contribution < -0.4 is 15.9 Å². The maximum atomic E-state index is 14.3. The van der Waals surface area contributed by atoms with Gasteiger partial charge >= 0.3 is 11.9 Å². The lowest BCUT2D eigenvalue weighted by molar-refractivity contribution is 0.0367. The van der Waals surface area contributed by atoms with Gasteiger partial charge in [0.2, 0.25) is 0 Å². The second-order valence-corrected chi connectivity index (χ2v) is 11.9. The first-order chi connectivity index (χ1) is 22.8. The molecule has 0 aliphatic heterocycles. The quantitative estimate of drug-likeness (QED) is 0.172. The number of benzene rings is 3. The molecule has 0 unspecified atom stereocenters. The van der Waals surface area contributed by atoms with Gasteiger partial charge in [0.05, 0.1) is 58.9 Å². The molecule has 0 saturated carbocycles. The van der Waals surface area contributed by atoms with Crippen molar-refractivity contribution in [2.24, 2.45) is 0 Å². The summed E-state index contributed by atoms with van der Waals surface area (Å²) in [7, 11) is 1.41. The largest absolute Gasteiger partial charge is 0.504 e. The smallest absolute Gasteiger partial charge is 0.338 e. The lowest BCUT2D eigenvalue weighted by atomic mass is 9.84. The van der Waals surface area contributed by atoms with Gasteiger partial charge in [0.25, 0.3) is 11.1 Å². The molecule has 2 aromatic heterocycles. The van der Waals surface area contributed by atoms with Gasteiger partial charge in [0.1, 0.15) is 0 Å². The van der Waals surface area contributed by atoms with Gasteiger partial charge in [-0.05, 0) is 84.0 Å². The number of hydrogen-bond acceptors (Lipinski definition) is 8. The lowest BCUT2D eigenvalue weighted by Crippen LogP contribution is -2.25. The molecule has 5 rings (SSSR count). The molecule has 2 heterocycles. The third-order valence-corrected chi connectivity index (χ3v) is 7.74. The number of carbonyl (C=O) groups is 2. The zero-order valence-corrected chi connectivity index (χ0v) is 27.8. The van der Waals surface area contributed by atoms with Gasteiger partial charge in [-0.1, -0.05) is 24.3 Å². The highest BCUT2D eigenvalue weighted by Gasteiger charge is 2.33. The van der Waals surface area contributed by atoms with Crippen molar-refractivity contribution < 1.29 is 28.9 Å². The van der Waals surface area contributed by atoms with Crippen molar-refractivity contribution in [1.82, 2.24) is 19.6 Å². The van der Waals surface area contributed by atoms with Crippen LogP contribution in [0.3, 0.4) is 0 Å². The summed E-state index contributed by atoms with van der Waals surface area (Å²) in [6.07, 6.45) is -0.658. The average Bonchev–Trinajstić information content (AvgIpc) is 3.51. The minimum atomic E-state index is -1.07. The van der Waals surface area contributed by atoms with E-state index >= 15 is 0 Å². The number of aromatic hydroxyl groups is 1. The molecule has 0 atom stereocenters. The van der Waals surface area contributed by atoms with Crippen LogP contribution in [0.5, 0.6) is 11.5 Å². The zero-order valence-electron chi connectivity index (χ0n) is 27.8. The average molecular weight is 655 g/mol. The standard InChI is InChI=1S/C36H38N4O8/c1-19(2)47-35(44)23-11-8-13-25(17-23)39-33(42)29(21(5)37-39)31(27-15-10-16-28(46-7)32(27)41)30-22(6)38-40(34(30)43)26-14-9-12-24(18-26)36(45)48-20(3)4/h8-20,31,37-38,41H,1-7H3. The SMILES string of the molecule is COc1cccc(C(c2c(C)[nH]n(-c3cccc(C(=O)OC(C)C)c3)c2=O)c2c(C)[nH]n(-c3cccc(C(=O)OC(C)C)c3)c2=O)c1O. The van der Waals surface area contributed by atoms with Crippen LogP contribution >= 0.6 is 0 Å². The van der Waals surface area contributed by atoms with Gasteiger partial charge < -0.3 is 19.3 Å². The highest BCUT2D eigenvalue weighted by Crippen LogP contribution is 2.41. The number of phenols is 1. The monoisotopic (exact) mass is 654 g/mol. The molecular weight excluding hydrogens is 616 g/mol. The Kier molecular flexibility index (Phi) is 9.46. The van der Waals surface area contributed by atoms with E-state index in [0.29, 0.717) is 22.8 Å². The summed E-state index contributed by atoms with van der Waals surface area (Å²) in [5.41, 5.74) is 1.74. The molecule has 5 aromatic rings. The number of para-hydroxylation sites is 1. The summed E-state index contributed by atoms with van der Waals surface area (Å²) in [6.45, 7) is 10.4. The number of carbonyl (C=O) groups excluding carboxylic acids is 2. The summed E-state index contributed by atoms with van der Waals surface area (Å²) in [6, 6.07) is 17.7. The number of H-pyrrole nitrogens is 2. The number of aromatic nitrogens is 4. The predicted molar refractivity (Wildman–Crippen MR) is 179 cm³/mol. The summed E-state index contributed by atoms with van der Waals surface area (Å²) in [5.74, 6) is -2.22. The first-order valence-electron chi connectivity index (χ1n) is 15.4. The van der Waals surface area contributed by atoms with Crippen LogP contribution in [0.25, 0.3) is 11.4 Å². The number of methoxy groups -OCH3 is 1. The number of rotatable bonds is 10. The molecule has 48 heavy (non-hydrogen) atoms. The third kappa shape index (κ3) is 6.41. The number of ether oxygens (including phenoxy) is 3. The van der Waals surface area contributed by atoms with Crippen LogP contribution in [0.4, 0.5) is 0 Å². The van der Waals surface area contributed by atoms with E-state index < -0.39 is 29.0 Å². The molecule has 12 heteroatoms. The highest BCUT2D eigenvalue weighted by atomic mass is 16.5. The van der Waals surface area contributed by atoms with Gasteiger partial charge in [-0.25, -0.2) is 19.0 Å². The fraction of sp³-hybridized carbons (Fsp3) is 0.278. The van der Waals surface area contributed by atoms with Gasteiger partial charge in [-0.2, -0.15) is 0 Å². The van der Waals surface area contributed by atoms with E-state index in [4.69, 9.17) is 14.2 Å². The molecule has 0 saturated heterocycles. The molecule has 0 bridgehead atoms. The number of aryl methyl sites for hydroxylation is 2. The van der Waals surface area contributed by atoms with Crippen LogP contribution in [0.1, 0.15) is 82.4 Å². The van der Waals surface area contributed by atoms with Crippen LogP contribution in [0.2, 0.25) is 0 Å².